The van der Waals surface area contributed by atoms with Crippen molar-refractivity contribution in [2.75, 3.05) is 21.3 Å². The van der Waals surface area contributed by atoms with Gasteiger partial charge in [-0.2, -0.15) is 5.10 Å². The zero-order chi connectivity index (χ0) is 19.1. The summed E-state index contributed by atoms with van der Waals surface area (Å²) in [5.74, 6) is 1.26. The number of hydrogen-bond acceptors (Lipinski definition) is 6. The fourth-order valence-electron chi connectivity index (χ4n) is 2.39. The largest absolute Gasteiger partial charge is 0.496 e. The summed E-state index contributed by atoms with van der Waals surface area (Å²) in [4.78, 5) is 23.5. The van der Waals surface area contributed by atoms with Crippen LogP contribution in [0.25, 0.3) is 0 Å². The van der Waals surface area contributed by atoms with E-state index in [1.165, 1.54) is 27.5 Å². The zero-order valence-electron chi connectivity index (χ0n) is 15.1. The topological polar surface area (TPSA) is 118 Å². The fourth-order valence-corrected chi connectivity index (χ4v) is 2.39. The number of ether oxygens (including phenoxy) is 3. The molecule has 0 saturated heterocycles. The predicted molar refractivity (Wildman–Crippen MR) is 96.3 cm³/mol. The van der Waals surface area contributed by atoms with Crippen LogP contribution in [0.15, 0.2) is 22.0 Å². The number of aryl methyl sites for hydroxylation is 1. The Hall–Kier alpha value is -3.23. The molecule has 0 bridgehead atoms. The van der Waals surface area contributed by atoms with Crippen LogP contribution in [0.5, 0.6) is 17.2 Å². The molecule has 1 amide bonds. The number of nitrogens with zero attached hydrogens (tertiary/aromatic N) is 1. The van der Waals surface area contributed by atoms with E-state index in [1.54, 1.807) is 19.1 Å². The average Bonchev–Trinajstić information content (AvgIpc) is 2.97. The Morgan fingerprint density at radius 3 is 2.35 bits per heavy atom. The first-order chi connectivity index (χ1) is 12.5. The molecule has 0 aliphatic heterocycles. The number of benzene rings is 1. The third kappa shape index (κ3) is 4.44. The Morgan fingerprint density at radius 1 is 1.12 bits per heavy atom. The van der Waals surface area contributed by atoms with Crippen LogP contribution < -0.4 is 25.2 Å². The van der Waals surface area contributed by atoms with Gasteiger partial charge in [-0.3, -0.25) is 14.7 Å². The highest BCUT2D eigenvalue weighted by Crippen LogP contribution is 2.33. The van der Waals surface area contributed by atoms with Crippen LogP contribution in [0.3, 0.4) is 0 Å². The minimum atomic E-state index is -0.305. The van der Waals surface area contributed by atoms with Gasteiger partial charge in [-0.15, -0.1) is 0 Å². The molecule has 9 heteroatoms. The summed E-state index contributed by atoms with van der Waals surface area (Å²) in [5, 5.41) is 9.13. The summed E-state index contributed by atoms with van der Waals surface area (Å²) >= 11 is 0. The molecule has 3 N–H and O–H groups in total. The third-order valence-electron chi connectivity index (χ3n) is 3.82. The molecular formula is C17H22N4O5. The maximum Gasteiger partial charge on any atom is 0.267 e. The molecular weight excluding hydrogens is 340 g/mol. The van der Waals surface area contributed by atoms with Gasteiger partial charge in [-0.1, -0.05) is 0 Å². The maximum absolute atomic E-state index is 11.9. The molecule has 0 atom stereocenters. The first-order valence-corrected chi connectivity index (χ1v) is 7.88. The lowest BCUT2D eigenvalue weighted by atomic mass is 10.1. The monoisotopic (exact) mass is 362 g/mol. The second-order valence-corrected chi connectivity index (χ2v) is 5.42. The summed E-state index contributed by atoms with van der Waals surface area (Å²) in [7, 11) is 4.58. The van der Waals surface area contributed by atoms with E-state index in [-0.39, 0.29) is 17.9 Å². The summed E-state index contributed by atoms with van der Waals surface area (Å²) in [6, 6.07) is 3.36. The van der Waals surface area contributed by atoms with E-state index in [9.17, 15) is 9.59 Å². The van der Waals surface area contributed by atoms with E-state index >= 15 is 0 Å². The molecule has 1 aromatic carbocycles. The van der Waals surface area contributed by atoms with Crippen molar-refractivity contribution < 1.29 is 19.0 Å². The number of aromatic amines is 2. The van der Waals surface area contributed by atoms with Gasteiger partial charge in [0.1, 0.15) is 5.75 Å². The van der Waals surface area contributed by atoms with Crippen LogP contribution in [0.2, 0.25) is 0 Å². The van der Waals surface area contributed by atoms with E-state index in [1.807, 2.05) is 0 Å². The summed E-state index contributed by atoms with van der Waals surface area (Å²) in [6.07, 6.45) is 1.92. The average molecular weight is 362 g/mol. The lowest BCUT2D eigenvalue weighted by Crippen LogP contribution is -2.19. The molecule has 2 rings (SSSR count). The molecule has 1 aromatic heterocycles. The Morgan fingerprint density at radius 2 is 1.77 bits per heavy atom. The van der Waals surface area contributed by atoms with Crippen molar-refractivity contribution in [2.24, 2.45) is 5.10 Å². The van der Waals surface area contributed by atoms with Crippen molar-refractivity contribution >= 4 is 12.1 Å². The summed E-state index contributed by atoms with van der Waals surface area (Å²) < 4.78 is 15.7. The Bertz CT molecular complexity index is 853. The lowest BCUT2D eigenvalue weighted by Gasteiger charge is -2.11. The highest BCUT2D eigenvalue weighted by atomic mass is 16.5. The van der Waals surface area contributed by atoms with Crippen LogP contribution in [0, 0.1) is 6.92 Å². The quantitative estimate of drug-likeness (QED) is 0.480. The molecule has 0 saturated carbocycles. The normalized spacial score (nSPS) is 10.8. The van der Waals surface area contributed by atoms with Crippen molar-refractivity contribution in [1.29, 1.82) is 0 Å². The van der Waals surface area contributed by atoms with E-state index in [0.29, 0.717) is 34.8 Å². The SMILES string of the molecule is COc1cc(OC)c(OC)cc1/C=N/NC(=O)CCc1c(C)[nH][nH]c1=O. The number of carbonyl (C=O) groups excluding carboxylic acids is 1. The first kappa shape index (κ1) is 19.1. The van der Waals surface area contributed by atoms with Crippen LogP contribution in [-0.2, 0) is 11.2 Å². The number of nitrogens with one attached hydrogen (secondary N) is 3. The minimum absolute atomic E-state index is 0.141. The Kier molecular flexibility index (Phi) is 6.42. The standard InChI is InChI=1S/C17H22N4O5/c1-10-12(17(23)21-19-10)5-6-16(22)20-18-9-11-7-14(25-3)15(26-4)8-13(11)24-2/h7-9H,5-6H2,1-4H3,(H,20,22)(H2,19,21,23)/b18-9+. The minimum Gasteiger partial charge on any atom is -0.496 e. The molecule has 9 nitrogen and oxygen atoms in total. The molecule has 0 aliphatic rings. The van der Waals surface area contributed by atoms with Gasteiger partial charge in [-0.25, -0.2) is 5.43 Å². The predicted octanol–water partition coefficient (Wildman–Crippen LogP) is 1.12. The number of hydrogen-bond donors (Lipinski definition) is 3. The number of methoxy groups -OCH3 is 3. The van der Waals surface area contributed by atoms with Crippen LogP contribution in [-0.4, -0.2) is 43.6 Å². The molecule has 0 unspecified atom stereocenters. The number of amides is 1. The van der Waals surface area contributed by atoms with Gasteiger partial charge in [0.05, 0.1) is 27.5 Å². The van der Waals surface area contributed by atoms with Crippen molar-refractivity contribution in [3.8, 4) is 17.2 Å². The number of hydrazone groups is 1. The second kappa shape index (κ2) is 8.75. The highest BCUT2D eigenvalue weighted by Gasteiger charge is 2.11. The Labute approximate surface area is 150 Å². The van der Waals surface area contributed by atoms with Crippen molar-refractivity contribution in [3.05, 3.63) is 39.3 Å². The van der Waals surface area contributed by atoms with E-state index < -0.39 is 0 Å². The molecule has 0 aliphatic carbocycles. The lowest BCUT2D eigenvalue weighted by molar-refractivity contribution is -0.121. The molecule has 0 fully saturated rings. The second-order valence-electron chi connectivity index (χ2n) is 5.42. The van der Waals surface area contributed by atoms with Crippen LogP contribution >= 0.6 is 0 Å². The van der Waals surface area contributed by atoms with Gasteiger partial charge >= 0.3 is 0 Å². The smallest absolute Gasteiger partial charge is 0.267 e. The van der Waals surface area contributed by atoms with E-state index in [2.05, 4.69) is 20.7 Å². The maximum atomic E-state index is 11.9. The first-order valence-electron chi connectivity index (χ1n) is 7.88. The van der Waals surface area contributed by atoms with Gasteiger partial charge in [0.15, 0.2) is 11.5 Å². The van der Waals surface area contributed by atoms with Crippen LogP contribution in [0.4, 0.5) is 0 Å². The van der Waals surface area contributed by atoms with Crippen molar-refractivity contribution in [1.82, 2.24) is 15.6 Å². The third-order valence-corrected chi connectivity index (χ3v) is 3.82. The highest BCUT2D eigenvalue weighted by molar-refractivity contribution is 5.86. The molecule has 0 radical (unpaired) electrons. The number of carbonyl (C=O) groups is 1. The summed E-state index contributed by atoms with van der Waals surface area (Å²) in [6.45, 7) is 1.77. The van der Waals surface area contributed by atoms with Crippen molar-refractivity contribution in [2.45, 2.75) is 19.8 Å². The molecule has 26 heavy (non-hydrogen) atoms. The van der Waals surface area contributed by atoms with Crippen molar-refractivity contribution in [3.63, 3.8) is 0 Å². The Balaban J connectivity index is 2.01. The van der Waals surface area contributed by atoms with Gasteiger partial charge in [-0.05, 0) is 19.4 Å². The summed E-state index contributed by atoms with van der Waals surface area (Å²) in [5.41, 5.74) is 4.11. The zero-order valence-corrected chi connectivity index (χ0v) is 15.1. The number of rotatable bonds is 8. The van der Waals surface area contributed by atoms with Gasteiger partial charge < -0.3 is 19.3 Å². The van der Waals surface area contributed by atoms with Gasteiger partial charge in [0.25, 0.3) is 5.56 Å². The molecule has 1 heterocycles. The molecule has 2 aromatic rings. The van der Waals surface area contributed by atoms with E-state index in [4.69, 9.17) is 14.2 Å². The van der Waals surface area contributed by atoms with Gasteiger partial charge in [0.2, 0.25) is 5.91 Å². The number of H-pyrrole nitrogens is 2. The van der Waals surface area contributed by atoms with Crippen LogP contribution in [0.1, 0.15) is 23.2 Å². The number of aromatic nitrogens is 2. The molecule has 140 valence electrons. The fraction of sp³-hybridized carbons (Fsp3) is 0.353. The van der Waals surface area contributed by atoms with E-state index in [0.717, 1.165) is 5.69 Å². The molecule has 0 spiro atoms. The van der Waals surface area contributed by atoms with Gasteiger partial charge in [0, 0.05) is 29.3 Å².